The number of methoxy groups -OCH3 is 1. The number of nitrogens with zero attached hydrogens (tertiary/aromatic N) is 2. The number of ether oxygens (including phenoxy) is 1. The van der Waals surface area contributed by atoms with Gasteiger partial charge in [-0.25, -0.2) is 4.79 Å². The van der Waals surface area contributed by atoms with Crippen molar-refractivity contribution in [3.05, 3.63) is 54.1 Å². The van der Waals surface area contributed by atoms with Gasteiger partial charge in [-0.05, 0) is 43.7 Å². The van der Waals surface area contributed by atoms with E-state index in [4.69, 9.17) is 4.74 Å². The Morgan fingerprint density at radius 1 is 1.16 bits per heavy atom. The molecule has 2 amide bonds. The Kier molecular flexibility index (Phi) is 5.12. The van der Waals surface area contributed by atoms with Crippen LogP contribution in [0.3, 0.4) is 0 Å². The van der Waals surface area contributed by atoms with Crippen LogP contribution < -0.4 is 15.0 Å². The largest absolute Gasteiger partial charge is 0.497 e. The lowest BCUT2D eigenvalue weighted by Gasteiger charge is -2.41. The molecule has 2 aromatic carbocycles. The fourth-order valence-electron chi connectivity index (χ4n) is 3.24. The Balaban J connectivity index is 1.63. The zero-order chi connectivity index (χ0) is 17.8. The number of benzene rings is 2. The van der Waals surface area contributed by atoms with Crippen LogP contribution in [0.2, 0.25) is 0 Å². The molecule has 1 heterocycles. The van der Waals surface area contributed by atoms with Crippen molar-refractivity contribution in [1.82, 2.24) is 4.90 Å². The number of urea groups is 1. The fraction of sp³-hybridized carbons (Fsp3) is 0.350. The van der Waals surface area contributed by atoms with Crippen LogP contribution in [0.4, 0.5) is 16.2 Å². The number of piperazine rings is 1. The van der Waals surface area contributed by atoms with Crippen LogP contribution in [-0.2, 0) is 0 Å². The van der Waals surface area contributed by atoms with Gasteiger partial charge in [0, 0.05) is 43.1 Å². The number of aryl methyl sites for hydroxylation is 1. The van der Waals surface area contributed by atoms with Crippen molar-refractivity contribution in [2.45, 2.75) is 19.9 Å². The number of carbonyl (C=O) groups excluding carboxylic acids is 1. The monoisotopic (exact) mass is 339 g/mol. The molecule has 25 heavy (non-hydrogen) atoms. The Bertz CT molecular complexity index is 747. The number of nitrogens with one attached hydrogen (secondary N) is 1. The zero-order valence-corrected chi connectivity index (χ0v) is 15.0. The van der Waals surface area contributed by atoms with Crippen LogP contribution >= 0.6 is 0 Å². The van der Waals surface area contributed by atoms with Crippen molar-refractivity contribution >= 4 is 17.4 Å². The summed E-state index contributed by atoms with van der Waals surface area (Å²) in [4.78, 5) is 16.8. The molecule has 1 aliphatic rings. The van der Waals surface area contributed by atoms with Gasteiger partial charge in [-0.15, -0.1) is 0 Å². The lowest BCUT2D eigenvalue weighted by Crippen LogP contribution is -2.54. The second-order valence-corrected chi connectivity index (χ2v) is 6.49. The molecule has 1 fully saturated rings. The maximum Gasteiger partial charge on any atom is 0.321 e. The molecule has 132 valence electrons. The number of hydrogen-bond donors (Lipinski definition) is 1. The molecule has 2 aromatic rings. The Morgan fingerprint density at radius 2 is 1.96 bits per heavy atom. The molecule has 1 saturated heterocycles. The number of hydrogen-bond acceptors (Lipinski definition) is 3. The molecule has 0 radical (unpaired) electrons. The fourth-order valence-corrected chi connectivity index (χ4v) is 3.24. The molecule has 0 aromatic heterocycles. The number of amides is 2. The summed E-state index contributed by atoms with van der Waals surface area (Å²) in [7, 11) is 1.62. The third-order valence-corrected chi connectivity index (χ3v) is 4.57. The van der Waals surface area contributed by atoms with Gasteiger partial charge < -0.3 is 19.9 Å². The van der Waals surface area contributed by atoms with Crippen LogP contribution in [-0.4, -0.2) is 43.7 Å². The van der Waals surface area contributed by atoms with Gasteiger partial charge in [-0.3, -0.25) is 0 Å². The standard InChI is InChI=1S/C20H25N3O2/c1-15-6-4-8-18(12-15)23-11-10-22(14-16(23)2)20(24)21-17-7-5-9-19(13-17)25-3/h4-9,12-13,16H,10-11,14H2,1-3H3,(H,21,24)/t16-/m0/s1. The van der Waals surface area contributed by atoms with E-state index in [1.807, 2.05) is 29.2 Å². The molecule has 0 aliphatic carbocycles. The molecule has 0 bridgehead atoms. The van der Waals surface area contributed by atoms with E-state index >= 15 is 0 Å². The Labute approximate surface area is 149 Å². The first-order valence-electron chi connectivity index (χ1n) is 8.60. The highest BCUT2D eigenvalue weighted by molar-refractivity contribution is 5.89. The second kappa shape index (κ2) is 7.47. The quantitative estimate of drug-likeness (QED) is 0.926. The van der Waals surface area contributed by atoms with Gasteiger partial charge >= 0.3 is 6.03 Å². The summed E-state index contributed by atoms with van der Waals surface area (Å²) in [5.74, 6) is 0.732. The summed E-state index contributed by atoms with van der Waals surface area (Å²) in [6.45, 7) is 6.49. The lowest BCUT2D eigenvalue weighted by atomic mass is 10.1. The van der Waals surface area contributed by atoms with Crippen LogP contribution in [0.5, 0.6) is 5.75 Å². The van der Waals surface area contributed by atoms with Crippen molar-refractivity contribution in [1.29, 1.82) is 0 Å². The first kappa shape index (κ1) is 17.1. The van der Waals surface area contributed by atoms with Gasteiger partial charge in [0.25, 0.3) is 0 Å². The van der Waals surface area contributed by atoms with Crippen molar-refractivity contribution in [3.63, 3.8) is 0 Å². The van der Waals surface area contributed by atoms with Gasteiger partial charge in [-0.1, -0.05) is 18.2 Å². The first-order chi connectivity index (χ1) is 12.1. The van der Waals surface area contributed by atoms with Gasteiger partial charge in [0.15, 0.2) is 0 Å². The highest BCUT2D eigenvalue weighted by atomic mass is 16.5. The molecule has 0 spiro atoms. The molecule has 5 nitrogen and oxygen atoms in total. The maximum atomic E-state index is 12.6. The summed E-state index contributed by atoms with van der Waals surface area (Å²) >= 11 is 0. The van der Waals surface area contributed by atoms with E-state index in [1.165, 1.54) is 11.3 Å². The van der Waals surface area contributed by atoms with Crippen molar-refractivity contribution in [2.75, 3.05) is 37.0 Å². The second-order valence-electron chi connectivity index (χ2n) is 6.49. The topological polar surface area (TPSA) is 44.8 Å². The third kappa shape index (κ3) is 4.05. The molecule has 1 aliphatic heterocycles. The van der Waals surface area contributed by atoms with Crippen LogP contribution in [0.1, 0.15) is 12.5 Å². The molecule has 1 atom stereocenters. The minimum absolute atomic E-state index is 0.0657. The van der Waals surface area contributed by atoms with E-state index in [-0.39, 0.29) is 12.1 Å². The van der Waals surface area contributed by atoms with Gasteiger partial charge in [0.05, 0.1) is 7.11 Å². The predicted octanol–water partition coefficient (Wildman–Crippen LogP) is 3.75. The van der Waals surface area contributed by atoms with Crippen molar-refractivity contribution < 1.29 is 9.53 Å². The predicted molar refractivity (Wildman–Crippen MR) is 102 cm³/mol. The third-order valence-electron chi connectivity index (χ3n) is 4.57. The normalized spacial score (nSPS) is 17.3. The van der Waals surface area contributed by atoms with Crippen LogP contribution in [0, 0.1) is 6.92 Å². The summed E-state index contributed by atoms with van der Waals surface area (Å²) < 4.78 is 5.20. The SMILES string of the molecule is COc1cccc(NC(=O)N2CCN(c3cccc(C)c3)[C@@H](C)C2)c1. The van der Waals surface area contributed by atoms with Crippen LogP contribution in [0.25, 0.3) is 0 Å². The van der Waals surface area contributed by atoms with E-state index in [0.29, 0.717) is 13.1 Å². The lowest BCUT2D eigenvalue weighted by molar-refractivity contribution is 0.200. The highest BCUT2D eigenvalue weighted by Crippen LogP contribution is 2.22. The Hall–Kier alpha value is -2.69. The molecular formula is C20H25N3O2. The maximum absolute atomic E-state index is 12.6. The molecule has 5 heteroatoms. The van der Waals surface area contributed by atoms with Crippen LogP contribution in [0.15, 0.2) is 48.5 Å². The van der Waals surface area contributed by atoms with Gasteiger partial charge in [0.2, 0.25) is 0 Å². The van der Waals surface area contributed by atoms with Crippen molar-refractivity contribution in [2.24, 2.45) is 0 Å². The summed E-state index contributed by atoms with van der Waals surface area (Å²) in [5.41, 5.74) is 3.22. The summed E-state index contributed by atoms with van der Waals surface area (Å²) in [5, 5.41) is 2.96. The molecule has 1 N–H and O–H groups in total. The smallest absolute Gasteiger partial charge is 0.321 e. The molecule has 0 saturated carbocycles. The molecular weight excluding hydrogens is 314 g/mol. The van der Waals surface area contributed by atoms with E-state index in [1.54, 1.807) is 7.11 Å². The average Bonchev–Trinajstić information content (AvgIpc) is 2.61. The summed E-state index contributed by atoms with van der Waals surface area (Å²) in [6, 6.07) is 16.1. The van der Waals surface area contributed by atoms with Crippen molar-refractivity contribution in [3.8, 4) is 5.75 Å². The number of rotatable bonds is 3. The van der Waals surface area contributed by atoms with Gasteiger partial charge in [0.1, 0.15) is 5.75 Å². The van der Waals surface area contributed by atoms with E-state index < -0.39 is 0 Å². The van der Waals surface area contributed by atoms with Gasteiger partial charge in [-0.2, -0.15) is 0 Å². The molecule has 0 unspecified atom stereocenters. The number of anilines is 2. The summed E-state index contributed by atoms with van der Waals surface area (Å²) in [6.07, 6.45) is 0. The van der Waals surface area contributed by atoms with E-state index in [0.717, 1.165) is 18.0 Å². The minimum atomic E-state index is -0.0657. The highest BCUT2D eigenvalue weighted by Gasteiger charge is 2.27. The zero-order valence-electron chi connectivity index (χ0n) is 15.0. The average molecular weight is 339 g/mol. The molecule has 3 rings (SSSR count). The van der Waals surface area contributed by atoms with E-state index in [2.05, 4.69) is 48.3 Å². The Morgan fingerprint density at radius 3 is 2.68 bits per heavy atom. The first-order valence-corrected chi connectivity index (χ1v) is 8.60. The minimum Gasteiger partial charge on any atom is -0.497 e. The number of carbonyl (C=O) groups is 1. The van der Waals surface area contributed by atoms with E-state index in [9.17, 15) is 4.79 Å².